The summed E-state index contributed by atoms with van der Waals surface area (Å²) >= 11 is 1.80. The molecule has 3 aliphatic rings. The van der Waals surface area contributed by atoms with Crippen LogP contribution in [0.5, 0.6) is 0 Å². The number of benzene rings is 1. The number of hydrogen-bond acceptors (Lipinski definition) is 5. The van der Waals surface area contributed by atoms with Crippen LogP contribution in [0.2, 0.25) is 0 Å². The molecule has 1 aromatic carbocycles. The van der Waals surface area contributed by atoms with E-state index in [1.807, 2.05) is 0 Å². The maximum Gasteiger partial charge on any atom is 0.236 e. The second-order valence-corrected chi connectivity index (χ2v) is 10.2. The monoisotopic (exact) mass is 412 g/mol. The summed E-state index contributed by atoms with van der Waals surface area (Å²) in [4.78, 5) is 24.6. The third-order valence-electron chi connectivity index (χ3n) is 7.16. The molecule has 1 aromatic heterocycles. The zero-order valence-corrected chi connectivity index (χ0v) is 18.1. The molecule has 2 unspecified atom stereocenters. The molecule has 5 nitrogen and oxygen atoms in total. The first-order chi connectivity index (χ1) is 14.2. The van der Waals surface area contributed by atoms with Crippen molar-refractivity contribution in [2.45, 2.75) is 38.6 Å². The van der Waals surface area contributed by atoms with Crippen LogP contribution in [0.1, 0.15) is 37.1 Å². The molecule has 2 atom stereocenters. The van der Waals surface area contributed by atoms with Crippen LogP contribution >= 0.6 is 11.3 Å². The van der Waals surface area contributed by atoms with E-state index < -0.39 is 0 Å². The standard InChI is InChI=1S/C23H32N4OS/c28-23(27-10-9-18-5-1-2-6-19(18)15-27)17-26-13-11-25(12-14-26)16-22-24-20-7-3-4-8-21(20)29-22/h3-4,7-8,18-19H,1-2,5-6,9-17H2. The van der Waals surface area contributed by atoms with Crippen molar-refractivity contribution in [2.75, 3.05) is 45.8 Å². The van der Waals surface area contributed by atoms with Crippen LogP contribution in [-0.4, -0.2) is 71.4 Å². The van der Waals surface area contributed by atoms with Crippen molar-refractivity contribution in [1.82, 2.24) is 19.7 Å². The second kappa shape index (κ2) is 8.70. The Balaban J connectivity index is 1.09. The summed E-state index contributed by atoms with van der Waals surface area (Å²) in [5, 5.41) is 1.20. The molecule has 1 amide bonds. The Labute approximate surface area is 177 Å². The van der Waals surface area contributed by atoms with Gasteiger partial charge in [-0.05, 0) is 36.8 Å². The van der Waals surface area contributed by atoms with Gasteiger partial charge in [0.25, 0.3) is 0 Å². The topological polar surface area (TPSA) is 39.7 Å². The van der Waals surface area contributed by atoms with Gasteiger partial charge in [0.05, 0.1) is 23.3 Å². The van der Waals surface area contributed by atoms with Crippen LogP contribution in [0.25, 0.3) is 10.2 Å². The van der Waals surface area contributed by atoms with Crippen molar-refractivity contribution in [3.05, 3.63) is 29.3 Å². The first kappa shape index (κ1) is 19.5. The van der Waals surface area contributed by atoms with Gasteiger partial charge in [-0.1, -0.05) is 31.4 Å². The zero-order valence-electron chi connectivity index (χ0n) is 17.3. The Hall–Kier alpha value is -1.50. The molecule has 0 spiro atoms. The number of amides is 1. The van der Waals surface area contributed by atoms with Gasteiger partial charge in [0.1, 0.15) is 5.01 Å². The lowest BCUT2D eigenvalue weighted by Gasteiger charge is -2.42. The molecule has 0 radical (unpaired) electrons. The number of para-hydroxylation sites is 1. The van der Waals surface area contributed by atoms with E-state index in [4.69, 9.17) is 4.98 Å². The number of nitrogens with zero attached hydrogens (tertiary/aromatic N) is 4. The third-order valence-corrected chi connectivity index (χ3v) is 8.19. The molecule has 1 saturated carbocycles. The summed E-state index contributed by atoms with van der Waals surface area (Å²) in [7, 11) is 0. The largest absolute Gasteiger partial charge is 0.341 e. The van der Waals surface area contributed by atoms with Crippen LogP contribution in [-0.2, 0) is 11.3 Å². The minimum atomic E-state index is 0.355. The van der Waals surface area contributed by atoms with E-state index in [-0.39, 0.29) is 0 Å². The van der Waals surface area contributed by atoms with Crippen LogP contribution < -0.4 is 0 Å². The van der Waals surface area contributed by atoms with Crippen LogP contribution in [0, 0.1) is 11.8 Å². The lowest BCUT2D eigenvalue weighted by molar-refractivity contribution is -0.136. The highest BCUT2D eigenvalue weighted by Gasteiger charge is 2.33. The molecule has 6 heteroatoms. The number of thiazole rings is 1. The number of hydrogen-bond donors (Lipinski definition) is 0. The Morgan fingerprint density at radius 1 is 0.966 bits per heavy atom. The molecule has 2 aliphatic heterocycles. The van der Waals surface area contributed by atoms with E-state index in [2.05, 4.69) is 39.0 Å². The number of fused-ring (bicyclic) bond motifs is 2. The average molecular weight is 413 g/mol. The maximum atomic E-state index is 12.9. The quantitative estimate of drug-likeness (QED) is 0.771. The molecule has 1 aliphatic carbocycles. The predicted molar refractivity (Wildman–Crippen MR) is 118 cm³/mol. The number of carbonyl (C=O) groups is 1. The molecule has 3 heterocycles. The minimum absolute atomic E-state index is 0.355. The summed E-state index contributed by atoms with van der Waals surface area (Å²) in [5.41, 5.74) is 1.11. The first-order valence-corrected chi connectivity index (χ1v) is 12.1. The average Bonchev–Trinajstić information content (AvgIpc) is 3.17. The Bertz CT molecular complexity index is 811. The van der Waals surface area contributed by atoms with Crippen molar-refractivity contribution in [1.29, 1.82) is 0 Å². The Kier molecular flexibility index (Phi) is 5.84. The summed E-state index contributed by atoms with van der Waals surface area (Å²) in [6, 6.07) is 8.38. The van der Waals surface area contributed by atoms with Gasteiger partial charge in [-0.15, -0.1) is 11.3 Å². The molecular weight excluding hydrogens is 380 g/mol. The molecular formula is C23H32N4OS. The predicted octanol–water partition coefficient (Wildman–Crippen LogP) is 3.45. The summed E-state index contributed by atoms with van der Waals surface area (Å²) in [6.45, 7) is 7.54. The molecule has 5 rings (SSSR count). The van der Waals surface area contributed by atoms with E-state index >= 15 is 0 Å². The van der Waals surface area contributed by atoms with Gasteiger partial charge in [0.15, 0.2) is 0 Å². The van der Waals surface area contributed by atoms with Crippen LogP contribution in [0.4, 0.5) is 0 Å². The number of piperidine rings is 1. The highest BCUT2D eigenvalue weighted by atomic mass is 32.1. The van der Waals surface area contributed by atoms with Gasteiger partial charge in [-0.2, -0.15) is 0 Å². The highest BCUT2D eigenvalue weighted by molar-refractivity contribution is 7.18. The van der Waals surface area contributed by atoms with E-state index in [1.54, 1.807) is 11.3 Å². The number of aromatic nitrogens is 1. The van der Waals surface area contributed by atoms with Gasteiger partial charge in [0, 0.05) is 39.3 Å². The van der Waals surface area contributed by atoms with Crippen LogP contribution in [0.3, 0.4) is 0 Å². The minimum Gasteiger partial charge on any atom is -0.341 e. The first-order valence-electron chi connectivity index (χ1n) is 11.3. The maximum absolute atomic E-state index is 12.9. The van der Waals surface area contributed by atoms with E-state index in [1.165, 1.54) is 41.8 Å². The fourth-order valence-corrected chi connectivity index (χ4v) is 6.41. The molecule has 3 fully saturated rings. The van der Waals surface area contributed by atoms with Crippen molar-refractivity contribution < 1.29 is 4.79 Å². The number of likely N-dealkylation sites (tertiary alicyclic amines) is 1. The van der Waals surface area contributed by atoms with Gasteiger partial charge < -0.3 is 4.90 Å². The fraction of sp³-hybridized carbons (Fsp3) is 0.652. The van der Waals surface area contributed by atoms with Crippen molar-refractivity contribution in [3.8, 4) is 0 Å². The summed E-state index contributed by atoms with van der Waals surface area (Å²) < 4.78 is 1.27. The molecule has 0 bridgehead atoms. The molecule has 0 N–H and O–H groups in total. The van der Waals surface area contributed by atoms with E-state index in [9.17, 15) is 4.79 Å². The summed E-state index contributed by atoms with van der Waals surface area (Å²) in [6.07, 6.45) is 6.71. The molecule has 29 heavy (non-hydrogen) atoms. The SMILES string of the molecule is O=C(CN1CCN(Cc2nc3ccccc3s2)CC1)N1CCC2CCCCC2C1. The number of rotatable bonds is 4. The van der Waals surface area contributed by atoms with Gasteiger partial charge in [-0.3, -0.25) is 14.6 Å². The van der Waals surface area contributed by atoms with Gasteiger partial charge in [-0.25, -0.2) is 4.98 Å². The molecule has 156 valence electrons. The Morgan fingerprint density at radius 2 is 1.72 bits per heavy atom. The van der Waals surface area contributed by atoms with Crippen molar-refractivity contribution in [2.24, 2.45) is 11.8 Å². The second-order valence-electron chi connectivity index (χ2n) is 9.06. The number of piperazine rings is 1. The number of carbonyl (C=O) groups excluding carboxylic acids is 1. The van der Waals surface area contributed by atoms with Crippen LogP contribution in [0.15, 0.2) is 24.3 Å². The van der Waals surface area contributed by atoms with Crippen molar-refractivity contribution in [3.63, 3.8) is 0 Å². The third kappa shape index (κ3) is 4.49. The fourth-order valence-electron chi connectivity index (χ4n) is 5.40. The van der Waals surface area contributed by atoms with E-state index in [0.717, 1.165) is 63.2 Å². The van der Waals surface area contributed by atoms with Gasteiger partial charge in [0.2, 0.25) is 5.91 Å². The molecule has 2 aromatic rings. The lowest BCUT2D eigenvalue weighted by atomic mass is 9.75. The lowest BCUT2D eigenvalue weighted by Crippen LogP contribution is -2.52. The highest BCUT2D eigenvalue weighted by Crippen LogP contribution is 2.36. The normalized spacial score (nSPS) is 26.6. The molecule has 2 saturated heterocycles. The smallest absolute Gasteiger partial charge is 0.236 e. The van der Waals surface area contributed by atoms with Crippen molar-refractivity contribution >= 4 is 27.5 Å². The Morgan fingerprint density at radius 3 is 2.55 bits per heavy atom. The summed E-state index contributed by atoms with van der Waals surface area (Å²) in [5.74, 6) is 2.01. The van der Waals surface area contributed by atoms with E-state index in [0.29, 0.717) is 12.5 Å². The van der Waals surface area contributed by atoms with Gasteiger partial charge >= 0.3 is 0 Å². The zero-order chi connectivity index (χ0) is 19.6.